The molecule has 19 heavy (non-hydrogen) atoms. The first-order valence-corrected chi connectivity index (χ1v) is 7.27. The molecule has 1 heterocycles. The number of likely N-dealkylation sites (N-methyl/N-ethyl adjacent to an activating group) is 1. The van der Waals surface area contributed by atoms with Crippen LogP contribution in [-0.4, -0.2) is 35.6 Å². The number of nitrogens with one attached hydrogen (secondary N) is 1. The Morgan fingerprint density at radius 3 is 2.63 bits per heavy atom. The average Bonchev–Trinajstić information content (AvgIpc) is 2.91. The van der Waals surface area contributed by atoms with Crippen molar-refractivity contribution in [3.05, 3.63) is 18.0 Å². The molecule has 0 aromatic carbocycles. The van der Waals surface area contributed by atoms with Crippen molar-refractivity contribution in [1.29, 1.82) is 0 Å². The first-order valence-electron chi connectivity index (χ1n) is 7.27. The molecule has 1 aromatic rings. The van der Waals surface area contributed by atoms with Crippen LogP contribution in [0.25, 0.3) is 0 Å². The fourth-order valence-electron chi connectivity index (χ4n) is 2.28. The normalized spacial score (nSPS) is 18.0. The molecule has 110 valence electrons. The Morgan fingerprint density at radius 1 is 1.47 bits per heavy atom. The van der Waals surface area contributed by atoms with E-state index in [2.05, 4.69) is 55.1 Å². The van der Waals surface area contributed by atoms with Gasteiger partial charge in [0.2, 0.25) is 0 Å². The number of ether oxygens (including phenoxy) is 1. The molecular formula is C15H29N3O. The van der Waals surface area contributed by atoms with Gasteiger partial charge < -0.3 is 10.1 Å². The summed E-state index contributed by atoms with van der Waals surface area (Å²) in [6.45, 7) is 8.69. The van der Waals surface area contributed by atoms with Crippen LogP contribution in [0.2, 0.25) is 0 Å². The largest absolute Gasteiger partial charge is 0.377 e. The third kappa shape index (κ3) is 3.80. The Labute approximate surface area is 117 Å². The fourth-order valence-corrected chi connectivity index (χ4v) is 2.28. The summed E-state index contributed by atoms with van der Waals surface area (Å²) in [5.74, 6) is 0. The van der Waals surface area contributed by atoms with Gasteiger partial charge in [-0.05, 0) is 39.8 Å². The van der Waals surface area contributed by atoms with Crippen molar-refractivity contribution >= 4 is 0 Å². The predicted molar refractivity (Wildman–Crippen MR) is 79.5 cm³/mol. The van der Waals surface area contributed by atoms with Gasteiger partial charge in [0, 0.05) is 31.8 Å². The summed E-state index contributed by atoms with van der Waals surface area (Å²) in [6.07, 6.45) is 5.03. The van der Waals surface area contributed by atoms with E-state index in [1.54, 1.807) is 7.11 Å². The molecule has 4 nitrogen and oxygen atoms in total. The van der Waals surface area contributed by atoms with Gasteiger partial charge in [-0.1, -0.05) is 13.8 Å². The molecule has 0 fully saturated rings. The molecule has 1 rings (SSSR count). The van der Waals surface area contributed by atoms with Gasteiger partial charge in [-0.15, -0.1) is 0 Å². The number of nitrogens with zero attached hydrogens (tertiary/aromatic N) is 2. The Balaban J connectivity index is 2.79. The highest BCUT2D eigenvalue weighted by Gasteiger charge is 2.32. The summed E-state index contributed by atoms with van der Waals surface area (Å²) in [5.41, 5.74) is 0.964. The third-order valence-corrected chi connectivity index (χ3v) is 4.37. The standard InChI is InChI=1S/C15H29N3O/c1-7-12(3)18-10-9-13(17-18)11-14(16-5)15(4,8-2)19-6/h9-10,12,14,16H,7-8,11H2,1-6H3. The van der Waals surface area contributed by atoms with Crippen molar-refractivity contribution in [3.63, 3.8) is 0 Å². The first-order chi connectivity index (χ1) is 9.00. The molecule has 0 bridgehead atoms. The molecule has 0 spiro atoms. The lowest BCUT2D eigenvalue weighted by Crippen LogP contribution is -2.49. The Bertz CT molecular complexity index is 371. The molecule has 0 aliphatic rings. The van der Waals surface area contributed by atoms with Crippen molar-refractivity contribution in [2.24, 2.45) is 0 Å². The van der Waals surface area contributed by atoms with Gasteiger partial charge in [-0.2, -0.15) is 5.10 Å². The molecule has 0 amide bonds. The van der Waals surface area contributed by atoms with Gasteiger partial charge in [0.25, 0.3) is 0 Å². The van der Waals surface area contributed by atoms with Crippen LogP contribution in [0.3, 0.4) is 0 Å². The molecule has 1 N–H and O–H groups in total. The van der Waals surface area contributed by atoms with Crippen molar-refractivity contribution < 1.29 is 4.74 Å². The van der Waals surface area contributed by atoms with Gasteiger partial charge in [0.1, 0.15) is 0 Å². The highest BCUT2D eigenvalue weighted by molar-refractivity contribution is 5.05. The summed E-state index contributed by atoms with van der Waals surface area (Å²) < 4.78 is 7.74. The monoisotopic (exact) mass is 267 g/mol. The van der Waals surface area contributed by atoms with Crippen molar-refractivity contribution in [2.45, 2.75) is 64.6 Å². The van der Waals surface area contributed by atoms with Gasteiger partial charge in [-0.3, -0.25) is 4.68 Å². The minimum Gasteiger partial charge on any atom is -0.377 e. The van der Waals surface area contributed by atoms with Crippen LogP contribution < -0.4 is 5.32 Å². The molecule has 1 aromatic heterocycles. The van der Waals surface area contributed by atoms with E-state index in [4.69, 9.17) is 4.74 Å². The minimum atomic E-state index is -0.158. The summed E-state index contributed by atoms with van der Waals surface area (Å²) in [4.78, 5) is 0. The summed E-state index contributed by atoms with van der Waals surface area (Å²) in [5, 5.41) is 8.04. The predicted octanol–water partition coefficient (Wildman–Crippen LogP) is 2.80. The number of hydrogen-bond acceptors (Lipinski definition) is 3. The molecule has 3 unspecified atom stereocenters. The lowest BCUT2D eigenvalue weighted by atomic mass is 9.90. The van der Waals surface area contributed by atoms with Crippen molar-refractivity contribution in [1.82, 2.24) is 15.1 Å². The van der Waals surface area contributed by atoms with Crippen molar-refractivity contribution in [2.75, 3.05) is 14.2 Å². The van der Waals surface area contributed by atoms with Gasteiger partial charge in [0.15, 0.2) is 0 Å². The van der Waals surface area contributed by atoms with E-state index in [0.717, 1.165) is 25.0 Å². The average molecular weight is 267 g/mol. The molecule has 4 heteroatoms. The maximum absolute atomic E-state index is 5.69. The van der Waals surface area contributed by atoms with E-state index in [0.29, 0.717) is 6.04 Å². The van der Waals surface area contributed by atoms with Crippen LogP contribution in [0.5, 0.6) is 0 Å². The van der Waals surface area contributed by atoms with Gasteiger partial charge in [-0.25, -0.2) is 0 Å². The zero-order valence-corrected chi connectivity index (χ0v) is 13.2. The van der Waals surface area contributed by atoms with Crippen LogP contribution in [0.1, 0.15) is 52.3 Å². The molecule has 0 saturated heterocycles. The highest BCUT2D eigenvalue weighted by atomic mass is 16.5. The number of aromatic nitrogens is 2. The smallest absolute Gasteiger partial charge is 0.0804 e. The first kappa shape index (κ1) is 16.2. The Morgan fingerprint density at radius 2 is 2.16 bits per heavy atom. The Kier molecular flexibility index (Phi) is 6.01. The van der Waals surface area contributed by atoms with Crippen LogP contribution in [0.15, 0.2) is 12.3 Å². The second-order valence-electron chi connectivity index (χ2n) is 5.46. The summed E-state index contributed by atoms with van der Waals surface area (Å²) >= 11 is 0. The molecule has 0 radical (unpaired) electrons. The van der Waals surface area contributed by atoms with Crippen LogP contribution in [0.4, 0.5) is 0 Å². The SMILES string of the molecule is CCC(C)n1ccc(CC(NC)C(C)(CC)OC)n1. The van der Waals surface area contributed by atoms with Crippen LogP contribution >= 0.6 is 0 Å². The molecular weight excluding hydrogens is 238 g/mol. The zero-order valence-electron chi connectivity index (χ0n) is 13.2. The summed E-state index contributed by atoms with van der Waals surface area (Å²) in [6, 6.07) is 2.84. The zero-order chi connectivity index (χ0) is 14.5. The second kappa shape index (κ2) is 7.06. The maximum atomic E-state index is 5.69. The third-order valence-electron chi connectivity index (χ3n) is 4.37. The molecule has 0 aliphatic carbocycles. The lowest BCUT2D eigenvalue weighted by Gasteiger charge is -2.35. The van der Waals surface area contributed by atoms with Crippen LogP contribution in [-0.2, 0) is 11.2 Å². The Hall–Kier alpha value is -0.870. The van der Waals surface area contributed by atoms with Crippen LogP contribution in [0, 0.1) is 0 Å². The van der Waals surface area contributed by atoms with E-state index >= 15 is 0 Å². The van der Waals surface area contributed by atoms with E-state index < -0.39 is 0 Å². The summed E-state index contributed by atoms with van der Waals surface area (Å²) in [7, 11) is 3.77. The quantitative estimate of drug-likeness (QED) is 0.787. The second-order valence-corrected chi connectivity index (χ2v) is 5.46. The van der Waals surface area contributed by atoms with Gasteiger partial charge in [0.05, 0.1) is 11.3 Å². The van der Waals surface area contributed by atoms with E-state index in [9.17, 15) is 0 Å². The number of methoxy groups -OCH3 is 1. The molecule has 0 saturated carbocycles. The van der Waals surface area contributed by atoms with E-state index in [-0.39, 0.29) is 11.6 Å². The number of rotatable bonds is 8. The maximum Gasteiger partial charge on any atom is 0.0804 e. The van der Waals surface area contributed by atoms with Crippen molar-refractivity contribution in [3.8, 4) is 0 Å². The lowest BCUT2D eigenvalue weighted by molar-refractivity contribution is -0.0271. The van der Waals surface area contributed by atoms with E-state index in [1.807, 2.05) is 7.05 Å². The molecule has 3 atom stereocenters. The molecule has 0 aliphatic heterocycles. The highest BCUT2D eigenvalue weighted by Crippen LogP contribution is 2.22. The van der Waals surface area contributed by atoms with Gasteiger partial charge >= 0.3 is 0 Å². The minimum absolute atomic E-state index is 0.158. The topological polar surface area (TPSA) is 39.1 Å². The number of hydrogen-bond donors (Lipinski definition) is 1. The fraction of sp³-hybridized carbons (Fsp3) is 0.800. The van der Waals surface area contributed by atoms with E-state index in [1.165, 1.54) is 0 Å².